The number of benzene rings is 1. The molecule has 0 saturated heterocycles. The molecule has 0 aliphatic rings. The lowest BCUT2D eigenvalue weighted by Gasteiger charge is -2.30. The van der Waals surface area contributed by atoms with Crippen molar-refractivity contribution in [1.82, 2.24) is 0 Å². The largest absolute Gasteiger partial charge is 0.319 e. The molecule has 0 bridgehead atoms. The Bertz CT molecular complexity index is 446. The van der Waals surface area contributed by atoms with E-state index >= 15 is 0 Å². The predicted molar refractivity (Wildman–Crippen MR) is 81.4 cm³/mol. The second-order valence-electron chi connectivity index (χ2n) is 6.49. The maximum atomic E-state index is 12.4. The highest BCUT2D eigenvalue weighted by molar-refractivity contribution is 5.97. The van der Waals surface area contributed by atoms with Gasteiger partial charge in [0.25, 0.3) is 0 Å². The third-order valence-electron chi connectivity index (χ3n) is 3.45. The van der Waals surface area contributed by atoms with Crippen LogP contribution in [0.4, 0.5) is 5.69 Å². The Hall–Kier alpha value is -1.35. The zero-order chi connectivity index (χ0) is 14.8. The molecule has 2 N–H and O–H groups in total. The minimum atomic E-state index is -0.500. The molecule has 0 radical (unpaired) electrons. The van der Waals surface area contributed by atoms with Crippen LogP contribution in [0.3, 0.4) is 0 Å². The third kappa shape index (κ3) is 3.80. The highest BCUT2D eigenvalue weighted by atomic mass is 16.2. The normalized spacial score (nSPS) is 13.5. The topological polar surface area (TPSA) is 46.3 Å². The van der Waals surface area contributed by atoms with E-state index in [1.54, 1.807) is 11.9 Å². The van der Waals surface area contributed by atoms with E-state index in [0.29, 0.717) is 5.92 Å². The first-order chi connectivity index (χ1) is 8.64. The van der Waals surface area contributed by atoms with E-state index in [2.05, 4.69) is 26.0 Å². The fraction of sp³-hybridized carbons (Fsp3) is 0.562. The number of likely N-dealkylation sites (N-methyl/N-ethyl adjacent to an activating group) is 1. The van der Waals surface area contributed by atoms with Gasteiger partial charge in [-0.25, -0.2) is 0 Å². The Balaban J connectivity index is 2.97. The summed E-state index contributed by atoms with van der Waals surface area (Å²) in [6, 6.07) is 7.56. The smallest absolute Gasteiger partial charge is 0.244 e. The van der Waals surface area contributed by atoms with Crippen LogP contribution in [0, 0.1) is 5.41 Å². The van der Waals surface area contributed by atoms with E-state index < -0.39 is 6.04 Å². The van der Waals surface area contributed by atoms with Gasteiger partial charge in [0.1, 0.15) is 0 Å². The van der Waals surface area contributed by atoms with E-state index in [1.807, 2.05) is 32.9 Å². The Morgan fingerprint density at radius 3 is 2.32 bits per heavy atom. The van der Waals surface area contributed by atoms with Gasteiger partial charge in [0.05, 0.1) is 6.04 Å². The minimum Gasteiger partial charge on any atom is -0.319 e. The minimum absolute atomic E-state index is 0.0478. The summed E-state index contributed by atoms with van der Waals surface area (Å²) in [7, 11) is 1.79. The SMILES string of the molecule is CC(C)c1cccc(N(C)C(=O)[C@@H](N)C(C)(C)C)c1. The first kappa shape index (κ1) is 15.7. The number of carbonyl (C=O) groups excluding carboxylic acids is 1. The van der Waals surface area contributed by atoms with Crippen LogP contribution in [-0.4, -0.2) is 19.0 Å². The van der Waals surface area contributed by atoms with Crippen LogP contribution in [0.25, 0.3) is 0 Å². The van der Waals surface area contributed by atoms with Crippen molar-refractivity contribution in [3.63, 3.8) is 0 Å². The maximum Gasteiger partial charge on any atom is 0.244 e. The van der Waals surface area contributed by atoms with Gasteiger partial charge in [0.15, 0.2) is 0 Å². The Morgan fingerprint density at radius 1 is 1.26 bits per heavy atom. The Labute approximate surface area is 116 Å². The molecule has 1 aromatic rings. The molecule has 3 nitrogen and oxygen atoms in total. The van der Waals surface area contributed by atoms with Gasteiger partial charge >= 0.3 is 0 Å². The lowest BCUT2D eigenvalue weighted by Crippen LogP contribution is -2.49. The second kappa shape index (κ2) is 5.74. The summed E-state index contributed by atoms with van der Waals surface area (Å²) in [4.78, 5) is 14.0. The van der Waals surface area contributed by atoms with Crippen molar-refractivity contribution in [3.05, 3.63) is 29.8 Å². The van der Waals surface area contributed by atoms with Crippen molar-refractivity contribution in [3.8, 4) is 0 Å². The van der Waals surface area contributed by atoms with E-state index in [9.17, 15) is 4.79 Å². The van der Waals surface area contributed by atoms with Gasteiger partial charge in [0.2, 0.25) is 5.91 Å². The molecular formula is C16H26N2O. The number of nitrogens with zero attached hydrogens (tertiary/aromatic N) is 1. The Kier molecular flexibility index (Phi) is 4.75. The molecule has 1 aromatic carbocycles. The second-order valence-corrected chi connectivity index (χ2v) is 6.49. The molecule has 0 saturated carbocycles. The van der Waals surface area contributed by atoms with Crippen LogP contribution in [0.5, 0.6) is 0 Å². The van der Waals surface area contributed by atoms with Crippen LogP contribution in [0.2, 0.25) is 0 Å². The molecule has 0 heterocycles. The van der Waals surface area contributed by atoms with Crippen LogP contribution >= 0.6 is 0 Å². The number of carbonyl (C=O) groups is 1. The summed E-state index contributed by atoms with van der Waals surface area (Å²) >= 11 is 0. The standard InChI is InChI=1S/C16H26N2O/c1-11(2)12-8-7-9-13(10-12)18(6)15(19)14(17)16(3,4)5/h7-11,14H,17H2,1-6H3/t14-/m1/s1. The predicted octanol–water partition coefficient (Wildman–Crippen LogP) is 3.15. The van der Waals surface area contributed by atoms with Gasteiger partial charge in [-0.15, -0.1) is 0 Å². The van der Waals surface area contributed by atoms with Gasteiger partial charge in [-0.05, 0) is 29.0 Å². The third-order valence-corrected chi connectivity index (χ3v) is 3.45. The molecule has 0 aliphatic heterocycles. The molecule has 0 unspecified atom stereocenters. The van der Waals surface area contributed by atoms with Crippen molar-refractivity contribution >= 4 is 11.6 Å². The molecule has 0 spiro atoms. The van der Waals surface area contributed by atoms with Crippen LogP contribution in [0.1, 0.15) is 46.1 Å². The van der Waals surface area contributed by atoms with Crippen LogP contribution in [0.15, 0.2) is 24.3 Å². The fourth-order valence-corrected chi connectivity index (χ4v) is 1.80. The zero-order valence-corrected chi connectivity index (χ0v) is 12.9. The van der Waals surface area contributed by atoms with Gasteiger partial charge in [-0.2, -0.15) is 0 Å². The molecule has 0 fully saturated rings. The number of anilines is 1. The average Bonchev–Trinajstić information content (AvgIpc) is 2.35. The number of amides is 1. The van der Waals surface area contributed by atoms with Gasteiger partial charge in [0, 0.05) is 12.7 Å². The van der Waals surface area contributed by atoms with E-state index in [0.717, 1.165) is 5.69 Å². The maximum absolute atomic E-state index is 12.4. The molecule has 19 heavy (non-hydrogen) atoms. The van der Waals surface area contributed by atoms with Crippen LogP contribution < -0.4 is 10.6 Å². The highest BCUT2D eigenvalue weighted by Gasteiger charge is 2.30. The number of hydrogen-bond acceptors (Lipinski definition) is 2. The first-order valence-electron chi connectivity index (χ1n) is 6.77. The van der Waals surface area contributed by atoms with Gasteiger partial charge < -0.3 is 10.6 Å². The summed E-state index contributed by atoms with van der Waals surface area (Å²) in [5.41, 5.74) is 7.93. The summed E-state index contributed by atoms with van der Waals surface area (Å²) in [6.07, 6.45) is 0. The summed E-state index contributed by atoms with van der Waals surface area (Å²) in [5, 5.41) is 0. The molecule has 1 atom stereocenters. The number of nitrogens with two attached hydrogens (primary N) is 1. The fourth-order valence-electron chi connectivity index (χ4n) is 1.80. The van der Waals surface area contributed by atoms with Crippen LogP contribution in [-0.2, 0) is 4.79 Å². The lowest BCUT2D eigenvalue weighted by atomic mass is 9.86. The summed E-state index contributed by atoms with van der Waals surface area (Å²) < 4.78 is 0. The monoisotopic (exact) mass is 262 g/mol. The van der Waals surface area contributed by atoms with E-state index in [4.69, 9.17) is 5.73 Å². The van der Waals surface area contributed by atoms with Crippen molar-refractivity contribution < 1.29 is 4.79 Å². The summed E-state index contributed by atoms with van der Waals surface area (Å²) in [5.74, 6) is 0.396. The number of hydrogen-bond donors (Lipinski definition) is 1. The van der Waals surface area contributed by atoms with E-state index in [1.165, 1.54) is 5.56 Å². The lowest BCUT2D eigenvalue weighted by molar-refractivity contribution is -0.121. The first-order valence-corrected chi connectivity index (χ1v) is 6.77. The Morgan fingerprint density at radius 2 is 1.84 bits per heavy atom. The van der Waals surface area contributed by atoms with E-state index in [-0.39, 0.29) is 11.3 Å². The molecule has 0 aromatic heterocycles. The zero-order valence-electron chi connectivity index (χ0n) is 12.9. The van der Waals surface area contributed by atoms with Crippen molar-refractivity contribution in [1.29, 1.82) is 0 Å². The highest BCUT2D eigenvalue weighted by Crippen LogP contribution is 2.24. The average molecular weight is 262 g/mol. The van der Waals surface area contributed by atoms with Crippen molar-refractivity contribution in [2.24, 2.45) is 11.1 Å². The van der Waals surface area contributed by atoms with Crippen molar-refractivity contribution in [2.75, 3.05) is 11.9 Å². The quantitative estimate of drug-likeness (QED) is 0.909. The summed E-state index contributed by atoms with van der Waals surface area (Å²) in [6.45, 7) is 10.2. The van der Waals surface area contributed by atoms with Gasteiger partial charge in [-0.3, -0.25) is 4.79 Å². The number of rotatable bonds is 3. The van der Waals surface area contributed by atoms with Crippen molar-refractivity contribution in [2.45, 2.75) is 46.6 Å². The molecular weight excluding hydrogens is 236 g/mol. The molecule has 0 aliphatic carbocycles. The molecule has 1 rings (SSSR count). The molecule has 106 valence electrons. The molecule has 3 heteroatoms. The molecule has 1 amide bonds. The van der Waals surface area contributed by atoms with Gasteiger partial charge in [-0.1, -0.05) is 46.8 Å².